The molecule has 0 spiro atoms. The number of para-hydroxylation sites is 1. The predicted molar refractivity (Wildman–Crippen MR) is 96.3 cm³/mol. The molecule has 0 aromatic heterocycles. The van der Waals surface area contributed by atoms with E-state index in [1.807, 2.05) is 59.5 Å². The van der Waals surface area contributed by atoms with Crippen molar-refractivity contribution in [2.75, 3.05) is 11.9 Å². The average Bonchev–Trinajstić information content (AvgIpc) is 2.66. The topological polar surface area (TPSA) is 65.4 Å². The monoisotopic (exact) mass is 335 g/mol. The Morgan fingerprint density at radius 3 is 2.64 bits per heavy atom. The van der Waals surface area contributed by atoms with Crippen LogP contribution < -0.4 is 10.1 Å². The van der Waals surface area contributed by atoms with Gasteiger partial charge in [0.05, 0.1) is 5.56 Å². The van der Waals surface area contributed by atoms with E-state index in [9.17, 15) is 4.79 Å². The number of carbonyl (C=O) groups is 1. The number of carbonyl (C=O) groups excluding carboxylic acids is 1. The molecular weight excluding hydrogens is 314 g/mol. The van der Waals surface area contributed by atoms with Crippen LogP contribution in [-0.4, -0.2) is 23.5 Å². The maximum atomic E-state index is 13.0. The molecule has 0 unspecified atom stereocenters. The van der Waals surface area contributed by atoms with Crippen molar-refractivity contribution in [3.05, 3.63) is 59.7 Å². The van der Waals surface area contributed by atoms with E-state index in [4.69, 9.17) is 10.00 Å². The molecule has 2 aromatic rings. The standard InChI is InChI=1S/C20H21N3O2/c1-3-14(2)23-19(15-8-10-16(11-9-15)25-13-12-21)22-18-7-5-4-6-17(18)20(23)24/h4-11,14,19,22H,3,13H2,1-2H3/t14-,19-/m1/s1. The van der Waals surface area contributed by atoms with Crippen LogP contribution in [-0.2, 0) is 0 Å². The first-order chi connectivity index (χ1) is 12.2. The summed E-state index contributed by atoms with van der Waals surface area (Å²) in [5, 5.41) is 12.1. The summed E-state index contributed by atoms with van der Waals surface area (Å²) >= 11 is 0. The van der Waals surface area contributed by atoms with Gasteiger partial charge in [-0.2, -0.15) is 5.26 Å². The third kappa shape index (κ3) is 3.29. The second-order valence-electron chi connectivity index (χ2n) is 6.08. The smallest absolute Gasteiger partial charge is 0.258 e. The Morgan fingerprint density at radius 1 is 1.24 bits per heavy atom. The lowest BCUT2D eigenvalue weighted by atomic mass is 10.0. The number of nitriles is 1. The summed E-state index contributed by atoms with van der Waals surface area (Å²) in [5.41, 5.74) is 2.53. The summed E-state index contributed by atoms with van der Waals surface area (Å²) in [5.74, 6) is 0.682. The van der Waals surface area contributed by atoms with E-state index in [-0.39, 0.29) is 24.7 Å². The zero-order chi connectivity index (χ0) is 17.8. The number of amides is 1. The lowest BCUT2D eigenvalue weighted by Crippen LogP contribution is -2.47. The van der Waals surface area contributed by atoms with Crippen molar-refractivity contribution in [3.63, 3.8) is 0 Å². The number of nitrogens with zero attached hydrogens (tertiary/aromatic N) is 2. The molecule has 25 heavy (non-hydrogen) atoms. The first-order valence-corrected chi connectivity index (χ1v) is 8.43. The highest BCUT2D eigenvalue weighted by Crippen LogP contribution is 2.35. The third-order valence-electron chi connectivity index (χ3n) is 4.53. The molecule has 1 aliphatic heterocycles. The number of rotatable bonds is 5. The van der Waals surface area contributed by atoms with Gasteiger partial charge in [0.25, 0.3) is 5.91 Å². The van der Waals surface area contributed by atoms with Gasteiger partial charge < -0.3 is 15.0 Å². The fourth-order valence-corrected chi connectivity index (χ4v) is 3.03. The zero-order valence-electron chi connectivity index (χ0n) is 14.4. The Kier molecular flexibility index (Phi) is 4.90. The third-order valence-corrected chi connectivity index (χ3v) is 4.53. The highest BCUT2D eigenvalue weighted by atomic mass is 16.5. The van der Waals surface area contributed by atoms with E-state index < -0.39 is 0 Å². The molecule has 0 fully saturated rings. The molecule has 1 amide bonds. The van der Waals surface area contributed by atoms with Crippen molar-refractivity contribution in [1.29, 1.82) is 5.26 Å². The van der Waals surface area contributed by atoms with Gasteiger partial charge >= 0.3 is 0 Å². The maximum absolute atomic E-state index is 13.0. The number of fused-ring (bicyclic) bond motifs is 1. The van der Waals surface area contributed by atoms with Gasteiger partial charge in [-0.25, -0.2) is 0 Å². The van der Waals surface area contributed by atoms with Gasteiger partial charge in [0.15, 0.2) is 6.61 Å². The van der Waals surface area contributed by atoms with Crippen LogP contribution in [0.5, 0.6) is 5.75 Å². The van der Waals surface area contributed by atoms with Crippen LogP contribution >= 0.6 is 0 Å². The van der Waals surface area contributed by atoms with Crippen molar-refractivity contribution >= 4 is 11.6 Å². The van der Waals surface area contributed by atoms with Crippen LogP contribution in [0.2, 0.25) is 0 Å². The maximum Gasteiger partial charge on any atom is 0.258 e. The molecule has 5 nitrogen and oxygen atoms in total. The van der Waals surface area contributed by atoms with Crippen LogP contribution in [0.4, 0.5) is 5.69 Å². The van der Waals surface area contributed by atoms with Gasteiger partial charge in [0, 0.05) is 11.7 Å². The summed E-state index contributed by atoms with van der Waals surface area (Å²) < 4.78 is 5.31. The minimum absolute atomic E-state index is 0.0197. The number of hydrogen-bond donors (Lipinski definition) is 1. The molecule has 2 atom stereocenters. The second kappa shape index (κ2) is 7.27. The number of anilines is 1. The van der Waals surface area contributed by atoms with Crippen LogP contribution in [0.15, 0.2) is 48.5 Å². The summed E-state index contributed by atoms with van der Waals surface area (Å²) in [4.78, 5) is 14.9. The van der Waals surface area contributed by atoms with Gasteiger partial charge in [0.1, 0.15) is 18.0 Å². The first kappa shape index (κ1) is 16.8. The fourth-order valence-electron chi connectivity index (χ4n) is 3.03. The Labute approximate surface area is 147 Å². The molecular formula is C20H21N3O2. The molecule has 1 aliphatic rings. The number of nitrogens with one attached hydrogen (secondary N) is 1. The van der Waals surface area contributed by atoms with E-state index >= 15 is 0 Å². The molecule has 5 heteroatoms. The van der Waals surface area contributed by atoms with Crippen molar-refractivity contribution in [2.45, 2.75) is 32.5 Å². The van der Waals surface area contributed by atoms with Gasteiger partial charge in [0.2, 0.25) is 0 Å². The number of ether oxygens (including phenoxy) is 1. The fraction of sp³-hybridized carbons (Fsp3) is 0.300. The predicted octanol–water partition coefficient (Wildman–Crippen LogP) is 3.95. The van der Waals surface area contributed by atoms with E-state index in [2.05, 4.69) is 19.2 Å². The average molecular weight is 335 g/mol. The minimum atomic E-state index is -0.234. The van der Waals surface area contributed by atoms with Gasteiger partial charge in [-0.15, -0.1) is 0 Å². The van der Waals surface area contributed by atoms with Crippen molar-refractivity contribution < 1.29 is 9.53 Å². The normalized spacial score (nSPS) is 17.2. The van der Waals surface area contributed by atoms with Crippen molar-refractivity contribution in [1.82, 2.24) is 4.90 Å². The Bertz CT molecular complexity index is 795. The molecule has 0 bridgehead atoms. The van der Waals surface area contributed by atoms with Crippen LogP contribution in [0, 0.1) is 11.3 Å². The number of hydrogen-bond acceptors (Lipinski definition) is 4. The summed E-state index contributed by atoms with van der Waals surface area (Å²) in [6.45, 7) is 4.16. The molecule has 128 valence electrons. The Balaban J connectivity index is 1.95. The first-order valence-electron chi connectivity index (χ1n) is 8.43. The lowest BCUT2D eigenvalue weighted by molar-refractivity contribution is 0.0593. The summed E-state index contributed by atoms with van der Waals surface area (Å²) in [7, 11) is 0. The van der Waals surface area contributed by atoms with Gasteiger partial charge in [-0.1, -0.05) is 31.2 Å². The minimum Gasteiger partial charge on any atom is -0.479 e. The molecule has 0 aliphatic carbocycles. The molecule has 2 aromatic carbocycles. The van der Waals surface area contributed by atoms with E-state index in [1.165, 1.54) is 0 Å². The van der Waals surface area contributed by atoms with Gasteiger partial charge in [-0.05, 0) is 43.2 Å². The zero-order valence-corrected chi connectivity index (χ0v) is 14.4. The Hall–Kier alpha value is -3.00. The molecule has 3 rings (SSSR count). The number of benzene rings is 2. The molecule has 1 N–H and O–H groups in total. The lowest BCUT2D eigenvalue weighted by Gasteiger charge is -2.41. The van der Waals surface area contributed by atoms with E-state index in [1.54, 1.807) is 0 Å². The quantitative estimate of drug-likeness (QED) is 0.898. The largest absolute Gasteiger partial charge is 0.479 e. The highest BCUT2D eigenvalue weighted by molar-refractivity contribution is 6.01. The second-order valence-corrected chi connectivity index (χ2v) is 6.08. The van der Waals surface area contributed by atoms with Crippen LogP contribution in [0.25, 0.3) is 0 Å². The van der Waals surface area contributed by atoms with Crippen LogP contribution in [0.3, 0.4) is 0 Å². The highest BCUT2D eigenvalue weighted by Gasteiger charge is 2.35. The van der Waals surface area contributed by atoms with Crippen molar-refractivity contribution in [3.8, 4) is 11.8 Å². The molecule has 0 radical (unpaired) electrons. The summed E-state index contributed by atoms with van der Waals surface area (Å²) in [6, 6.07) is 17.2. The summed E-state index contributed by atoms with van der Waals surface area (Å²) in [6.07, 6.45) is 0.637. The van der Waals surface area contributed by atoms with Crippen molar-refractivity contribution in [2.24, 2.45) is 0 Å². The Morgan fingerprint density at radius 2 is 1.96 bits per heavy atom. The van der Waals surface area contributed by atoms with E-state index in [0.717, 1.165) is 17.7 Å². The molecule has 0 saturated heterocycles. The molecule has 1 heterocycles. The van der Waals surface area contributed by atoms with Gasteiger partial charge in [-0.3, -0.25) is 4.79 Å². The molecule has 0 saturated carbocycles. The SMILES string of the molecule is CC[C@@H](C)N1C(=O)c2ccccc2N[C@H]1c1ccc(OCC#N)cc1. The van der Waals surface area contributed by atoms with E-state index in [0.29, 0.717) is 11.3 Å². The van der Waals surface area contributed by atoms with Crippen LogP contribution in [0.1, 0.15) is 42.4 Å².